The summed E-state index contributed by atoms with van der Waals surface area (Å²) < 4.78 is 6.32. The van der Waals surface area contributed by atoms with Crippen molar-refractivity contribution < 1.29 is 14.3 Å². The molecule has 0 saturated carbocycles. The number of hydrogen-bond acceptors (Lipinski definition) is 5. The standard InChI is InChI=1S/C23H19NO4S/c1-28-23(27)19-14-29-22-20(16-10-6-3-7-11-16)17(12-15-8-4-2-5-9-15)18(13-25)21(26)24(19)22/h2-11,13,19H,12,14H2,1H3/t19-/m0/s1. The maximum absolute atomic E-state index is 13.2. The zero-order chi connectivity index (χ0) is 20.4. The number of rotatable bonds is 5. The largest absolute Gasteiger partial charge is 0.467 e. The average Bonchev–Trinajstić information content (AvgIpc) is 3.20. The SMILES string of the molecule is COC(=O)[C@@H]1CSc2c(-c3ccccc3)c(Cc3ccccc3)c(C=O)c(=O)n21. The second kappa shape index (κ2) is 8.09. The highest BCUT2D eigenvalue weighted by Gasteiger charge is 2.35. The quantitative estimate of drug-likeness (QED) is 0.478. The van der Waals surface area contributed by atoms with Crippen molar-refractivity contribution in [3.05, 3.63) is 87.7 Å². The molecule has 5 nitrogen and oxygen atoms in total. The molecule has 4 rings (SSSR count). The molecule has 146 valence electrons. The summed E-state index contributed by atoms with van der Waals surface area (Å²) in [5.74, 6) is -0.0838. The molecule has 29 heavy (non-hydrogen) atoms. The van der Waals surface area contributed by atoms with Gasteiger partial charge in [0.2, 0.25) is 0 Å². The van der Waals surface area contributed by atoms with Crippen LogP contribution in [0.4, 0.5) is 0 Å². The Balaban J connectivity index is 2.03. The first kappa shape index (κ1) is 19.2. The number of ether oxygens (including phenoxy) is 1. The van der Waals surface area contributed by atoms with Crippen LogP contribution in [0.3, 0.4) is 0 Å². The van der Waals surface area contributed by atoms with Crippen molar-refractivity contribution in [3.63, 3.8) is 0 Å². The number of nitrogens with zero attached hydrogens (tertiary/aromatic N) is 1. The number of hydrogen-bond donors (Lipinski definition) is 0. The number of aromatic nitrogens is 1. The normalized spacial score (nSPS) is 15.0. The van der Waals surface area contributed by atoms with Gasteiger partial charge in [-0.3, -0.25) is 14.2 Å². The number of thioether (sulfide) groups is 1. The first-order chi connectivity index (χ1) is 14.2. The fourth-order valence-electron chi connectivity index (χ4n) is 3.71. The van der Waals surface area contributed by atoms with Gasteiger partial charge in [0, 0.05) is 11.3 Å². The molecular formula is C23H19NO4S. The van der Waals surface area contributed by atoms with Crippen molar-refractivity contribution in [2.75, 3.05) is 12.9 Å². The minimum absolute atomic E-state index is 0.0906. The third kappa shape index (κ3) is 3.40. The van der Waals surface area contributed by atoms with Gasteiger partial charge in [-0.1, -0.05) is 60.7 Å². The second-order valence-corrected chi connectivity index (χ2v) is 7.75. The summed E-state index contributed by atoms with van der Waals surface area (Å²) in [4.78, 5) is 37.5. The lowest BCUT2D eigenvalue weighted by Gasteiger charge is -2.19. The maximum atomic E-state index is 13.2. The zero-order valence-electron chi connectivity index (χ0n) is 15.8. The average molecular weight is 405 g/mol. The van der Waals surface area contributed by atoms with Crippen molar-refractivity contribution in [3.8, 4) is 11.1 Å². The highest BCUT2D eigenvalue weighted by molar-refractivity contribution is 7.99. The van der Waals surface area contributed by atoms with E-state index >= 15 is 0 Å². The van der Waals surface area contributed by atoms with Gasteiger partial charge in [-0.25, -0.2) is 4.79 Å². The molecule has 1 aromatic heterocycles. The van der Waals surface area contributed by atoms with Gasteiger partial charge >= 0.3 is 5.97 Å². The minimum atomic E-state index is -0.737. The third-order valence-electron chi connectivity index (χ3n) is 5.08. The summed E-state index contributed by atoms with van der Waals surface area (Å²) in [6.07, 6.45) is 1.06. The number of fused-ring (bicyclic) bond motifs is 1. The van der Waals surface area contributed by atoms with Crippen LogP contribution < -0.4 is 5.56 Å². The van der Waals surface area contributed by atoms with Crippen molar-refractivity contribution >= 4 is 24.0 Å². The predicted octanol–water partition coefficient (Wildman–Crippen LogP) is 3.74. The van der Waals surface area contributed by atoms with Crippen LogP contribution in [0.1, 0.15) is 27.5 Å². The Morgan fingerprint density at radius 2 is 1.79 bits per heavy atom. The minimum Gasteiger partial charge on any atom is -0.467 e. The maximum Gasteiger partial charge on any atom is 0.329 e. The van der Waals surface area contributed by atoms with Crippen LogP contribution in [-0.4, -0.2) is 29.7 Å². The molecule has 0 aliphatic carbocycles. The first-order valence-corrected chi connectivity index (χ1v) is 10.2. The molecule has 2 aromatic carbocycles. The van der Waals surface area contributed by atoms with Crippen LogP contribution in [0.25, 0.3) is 11.1 Å². The van der Waals surface area contributed by atoms with Gasteiger partial charge in [-0.15, -0.1) is 11.8 Å². The zero-order valence-corrected chi connectivity index (χ0v) is 16.6. The molecule has 2 heterocycles. The van der Waals surface area contributed by atoms with E-state index in [2.05, 4.69) is 0 Å². The number of aldehydes is 1. The number of carbonyl (C=O) groups excluding carboxylic acids is 2. The highest BCUT2D eigenvalue weighted by atomic mass is 32.2. The molecule has 0 N–H and O–H groups in total. The summed E-state index contributed by atoms with van der Waals surface area (Å²) in [6.45, 7) is 0. The predicted molar refractivity (Wildman–Crippen MR) is 113 cm³/mol. The molecule has 0 radical (unpaired) electrons. The summed E-state index contributed by atoms with van der Waals surface area (Å²) in [5.41, 5.74) is 3.07. The van der Waals surface area contributed by atoms with Gasteiger partial charge in [0.1, 0.15) is 6.04 Å². The molecule has 0 amide bonds. The van der Waals surface area contributed by atoms with E-state index in [0.717, 1.165) is 16.7 Å². The smallest absolute Gasteiger partial charge is 0.329 e. The second-order valence-electron chi connectivity index (χ2n) is 6.74. The van der Waals surface area contributed by atoms with E-state index in [-0.39, 0.29) is 5.56 Å². The monoisotopic (exact) mass is 405 g/mol. The van der Waals surface area contributed by atoms with E-state index in [1.165, 1.54) is 23.4 Å². The van der Waals surface area contributed by atoms with E-state index in [1.807, 2.05) is 60.7 Å². The summed E-state index contributed by atoms with van der Waals surface area (Å²) >= 11 is 1.45. The highest BCUT2D eigenvalue weighted by Crippen LogP contribution is 2.42. The van der Waals surface area contributed by atoms with Gasteiger partial charge in [0.15, 0.2) is 6.29 Å². The van der Waals surface area contributed by atoms with Crippen molar-refractivity contribution in [2.45, 2.75) is 17.5 Å². The molecule has 1 atom stereocenters. The fraction of sp³-hybridized carbons (Fsp3) is 0.174. The van der Waals surface area contributed by atoms with Crippen LogP contribution in [0, 0.1) is 0 Å². The van der Waals surface area contributed by atoms with E-state index < -0.39 is 17.6 Å². The van der Waals surface area contributed by atoms with Crippen molar-refractivity contribution in [1.82, 2.24) is 4.57 Å². The Morgan fingerprint density at radius 1 is 1.14 bits per heavy atom. The Kier molecular flexibility index (Phi) is 5.36. The molecule has 0 bridgehead atoms. The number of esters is 1. The van der Waals surface area contributed by atoms with Crippen LogP contribution >= 0.6 is 11.8 Å². The Labute approximate surface area is 172 Å². The third-order valence-corrected chi connectivity index (χ3v) is 6.23. The lowest BCUT2D eigenvalue weighted by molar-refractivity contribution is -0.143. The molecule has 0 fully saturated rings. The van der Waals surface area contributed by atoms with Gasteiger partial charge in [0.25, 0.3) is 5.56 Å². The summed E-state index contributed by atoms with van der Waals surface area (Å²) in [6, 6.07) is 18.7. The van der Waals surface area contributed by atoms with Crippen LogP contribution in [-0.2, 0) is 16.0 Å². The van der Waals surface area contributed by atoms with Gasteiger partial charge < -0.3 is 4.74 Å². The van der Waals surface area contributed by atoms with Crippen LogP contribution in [0.15, 0.2) is 70.5 Å². The number of methoxy groups -OCH3 is 1. The number of benzene rings is 2. The van der Waals surface area contributed by atoms with E-state index in [0.29, 0.717) is 29.0 Å². The van der Waals surface area contributed by atoms with Crippen molar-refractivity contribution in [1.29, 1.82) is 0 Å². The van der Waals surface area contributed by atoms with Gasteiger partial charge in [-0.05, 0) is 23.1 Å². The van der Waals surface area contributed by atoms with Gasteiger partial charge in [-0.2, -0.15) is 0 Å². The molecule has 0 saturated heterocycles. The van der Waals surface area contributed by atoms with E-state index in [4.69, 9.17) is 4.74 Å². The Morgan fingerprint density at radius 3 is 2.41 bits per heavy atom. The van der Waals surface area contributed by atoms with Gasteiger partial charge in [0.05, 0.1) is 17.7 Å². The summed E-state index contributed by atoms with van der Waals surface area (Å²) in [7, 11) is 1.30. The molecular weight excluding hydrogens is 386 g/mol. The fourth-order valence-corrected chi connectivity index (χ4v) is 5.05. The number of pyridine rings is 1. The molecule has 1 aliphatic heterocycles. The first-order valence-electron chi connectivity index (χ1n) is 9.22. The lowest BCUT2D eigenvalue weighted by atomic mass is 9.92. The van der Waals surface area contributed by atoms with Crippen molar-refractivity contribution in [2.24, 2.45) is 0 Å². The number of carbonyl (C=O) groups is 2. The lowest BCUT2D eigenvalue weighted by Crippen LogP contribution is -2.33. The van der Waals surface area contributed by atoms with Crippen LogP contribution in [0.5, 0.6) is 0 Å². The van der Waals surface area contributed by atoms with E-state index in [9.17, 15) is 14.4 Å². The Hall–Kier alpha value is -3.12. The molecule has 6 heteroatoms. The molecule has 1 aliphatic rings. The van der Waals surface area contributed by atoms with E-state index in [1.54, 1.807) is 0 Å². The summed E-state index contributed by atoms with van der Waals surface area (Å²) in [5, 5.41) is 0.702. The molecule has 0 spiro atoms. The topological polar surface area (TPSA) is 65.4 Å². The molecule has 3 aromatic rings. The molecule has 0 unspecified atom stereocenters. The Bertz CT molecular complexity index is 1120. The van der Waals surface area contributed by atoms with Crippen LogP contribution in [0.2, 0.25) is 0 Å².